The molecule has 3 rings (SSSR count). The first-order valence-electron chi connectivity index (χ1n) is 9.74. The Morgan fingerprint density at radius 1 is 1.45 bits per heavy atom. The number of carboxylic acid groups (broad SMARTS) is 1. The van der Waals surface area contributed by atoms with Crippen molar-refractivity contribution in [3.63, 3.8) is 0 Å². The number of methoxy groups -OCH3 is 1. The van der Waals surface area contributed by atoms with E-state index in [1.165, 1.54) is 0 Å². The quantitative estimate of drug-likeness (QED) is 0.685. The van der Waals surface area contributed by atoms with Crippen molar-refractivity contribution >= 4 is 23.2 Å². The fourth-order valence-corrected chi connectivity index (χ4v) is 4.36. The van der Waals surface area contributed by atoms with Gasteiger partial charge in [0.25, 0.3) is 0 Å². The Morgan fingerprint density at radius 2 is 2.16 bits per heavy atom. The van der Waals surface area contributed by atoms with Crippen molar-refractivity contribution in [2.75, 3.05) is 40.0 Å². The number of carbonyl (C=O) groups excluding carboxylic acids is 1. The third kappa shape index (κ3) is 7.41. The summed E-state index contributed by atoms with van der Waals surface area (Å²) >= 11 is 1.64. The molecule has 2 aliphatic rings. The molecule has 0 spiro atoms. The molecular weight excluding hydrogens is 441 g/mol. The molecule has 12 heteroatoms. The SMILES string of the molecule is COCC(=O)N1CCC2OCCCC2(COCc2csc(C)n2)C1.O=C(O)C(F)(F)F. The zero-order valence-electron chi connectivity index (χ0n) is 17.4. The number of likely N-dealkylation sites (tertiary alicyclic amines) is 1. The number of ether oxygens (including phenoxy) is 3. The maximum absolute atomic E-state index is 12.2. The first-order valence-corrected chi connectivity index (χ1v) is 10.6. The van der Waals surface area contributed by atoms with Crippen LogP contribution in [0.3, 0.4) is 0 Å². The number of aryl methyl sites for hydroxylation is 1. The van der Waals surface area contributed by atoms with Crippen molar-refractivity contribution in [1.82, 2.24) is 9.88 Å². The summed E-state index contributed by atoms with van der Waals surface area (Å²) in [5.74, 6) is -2.71. The van der Waals surface area contributed by atoms with Crippen LogP contribution in [0.1, 0.15) is 30.0 Å². The van der Waals surface area contributed by atoms with Crippen LogP contribution in [-0.2, 0) is 30.4 Å². The van der Waals surface area contributed by atoms with Gasteiger partial charge in [0, 0.05) is 37.6 Å². The van der Waals surface area contributed by atoms with Crippen molar-refractivity contribution < 1.29 is 42.1 Å². The van der Waals surface area contributed by atoms with Crippen molar-refractivity contribution in [1.29, 1.82) is 0 Å². The number of fused-ring (bicyclic) bond motifs is 1. The van der Waals surface area contributed by atoms with Crippen LogP contribution < -0.4 is 0 Å². The predicted molar refractivity (Wildman–Crippen MR) is 105 cm³/mol. The van der Waals surface area contributed by atoms with Crippen LogP contribution in [0.4, 0.5) is 13.2 Å². The number of aromatic nitrogens is 1. The van der Waals surface area contributed by atoms with Crippen molar-refractivity contribution in [2.24, 2.45) is 5.41 Å². The summed E-state index contributed by atoms with van der Waals surface area (Å²) in [6, 6.07) is 0. The number of rotatable bonds is 6. The van der Waals surface area contributed by atoms with Crippen molar-refractivity contribution in [3.8, 4) is 0 Å². The van der Waals surface area contributed by atoms with E-state index in [0.29, 0.717) is 19.8 Å². The number of nitrogens with zero attached hydrogens (tertiary/aromatic N) is 2. The molecule has 0 radical (unpaired) electrons. The largest absolute Gasteiger partial charge is 0.490 e. The second-order valence-electron chi connectivity index (χ2n) is 7.52. The van der Waals surface area contributed by atoms with Crippen molar-refractivity contribution in [3.05, 3.63) is 16.1 Å². The maximum atomic E-state index is 12.2. The number of alkyl halides is 3. The van der Waals surface area contributed by atoms with Gasteiger partial charge in [-0.15, -0.1) is 11.3 Å². The van der Waals surface area contributed by atoms with Crippen LogP contribution in [-0.4, -0.2) is 79.2 Å². The Hall–Kier alpha value is -1.76. The molecule has 176 valence electrons. The highest BCUT2D eigenvalue weighted by Gasteiger charge is 2.47. The van der Waals surface area contributed by atoms with E-state index in [1.54, 1.807) is 18.4 Å². The topological polar surface area (TPSA) is 98.2 Å². The summed E-state index contributed by atoms with van der Waals surface area (Å²) in [6.45, 7) is 5.49. The normalized spacial score (nSPS) is 23.5. The van der Waals surface area contributed by atoms with Crippen LogP contribution >= 0.6 is 11.3 Å². The number of piperidine rings is 1. The molecule has 1 amide bonds. The Labute approximate surface area is 182 Å². The van der Waals surface area contributed by atoms with Gasteiger partial charge in [-0.2, -0.15) is 13.2 Å². The van der Waals surface area contributed by atoms with Gasteiger partial charge in [-0.3, -0.25) is 4.79 Å². The summed E-state index contributed by atoms with van der Waals surface area (Å²) in [5.41, 5.74) is 0.871. The number of halogens is 3. The minimum absolute atomic E-state index is 0.0519. The molecule has 0 aliphatic carbocycles. The van der Waals surface area contributed by atoms with Crippen LogP contribution in [0.5, 0.6) is 0 Å². The number of hydrogen-bond acceptors (Lipinski definition) is 7. The van der Waals surface area contributed by atoms with Crippen LogP contribution in [0.15, 0.2) is 5.38 Å². The molecule has 2 unspecified atom stereocenters. The van der Waals surface area contributed by atoms with Crippen LogP contribution in [0.2, 0.25) is 0 Å². The molecule has 0 bridgehead atoms. The molecule has 2 saturated heterocycles. The van der Waals surface area contributed by atoms with Gasteiger partial charge in [-0.05, 0) is 26.2 Å². The molecule has 0 aromatic carbocycles. The Bertz CT molecular complexity index is 744. The zero-order chi connectivity index (χ0) is 23.1. The molecule has 31 heavy (non-hydrogen) atoms. The molecule has 3 heterocycles. The van der Waals surface area contributed by atoms with E-state index in [1.807, 2.05) is 17.2 Å². The van der Waals surface area contributed by atoms with Gasteiger partial charge >= 0.3 is 12.1 Å². The van der Waals surface area contributed by atoms with E-state index in [9.17, 15) is 18.0 Å². The summed E-state index contributed by atoms with van der Waals surface area (Å²) in [5, 5.41) is 10.2. The molecule has 2 atom stereocenters. The number of hydrogen-bond donors (Lipinski definition) is 1. The van der Waals surface area contributed by atoms with Gasteiger partial charge < -0.3 is 24.2 Å². The lowest BCUT2D eigenvalue weighted by Crippen LogP contribution is -2.58. The van der Waals surface area contributed by atoms with Gasteiger partial charge in [-0.25, -0.2) is 9.78 Å². The van der Waals surface area contributed by atoms with E-state index < -0.39 is 12.1 Å². The third-order valence-corrected chi connectivity index (χ3v) is 5.98. The molecular formula is C19H27F3N2O6S. The zero-order valence-corrected chi connectivity index (χ0v) is 18.3. The molecule has 8 nitrogen and oxygen atoms in total. The summed E-state index contributed by atoms with van der Waals surface area (Å²) in [4.78, 5) is 27.5. The van der Waals surface area contributed by atoms with Gasteiger partial charge in [0.1, 0.15) is 6.61 Å². The molecule has 1 N–H and O–H groups in total. The smallest absolute Gasteiger partial charge is 0.475 e. The Morgan fingerprint density at radius 3 is 2.74 bits per heavy atom. The van der Waals surface area contributed by atoms with E-state index in [2.05, 4.69) is 4.98 Å². The second kappa shape index (κ2) is 11.2. The molecule has 2 fully saturated rings. The molecule has 2 aliphatic heterocycles. The minimum Gasteiger partial charge on any atom is -0.475 e. The van der Waals surface area contributed by atoms with Crippen LogP contribution in [0.25, 0.3) is 0 Å². The molecule has 1 aromatic heterocycles. The lowest BCUT2D eigenvalue weighted by molar-refractivity contribution is -0.192. The second-order valence-corrected chi connectivity index (χ2v) is 8.58. The average molecular weight is 468 g/mol. The highest BCUT2D eigenvalue weighted by atomic mass is 32.1. The highest BCUT2D eigenvalue weighted by Crippen LogP contribution is 2.40. The lowest BCUT2D eigenvalue weighted by atomic mass is 9.73. The van der Waals surface area contributed by atoms with Crippen molar-refractivity contribution in [2.45, 2.75) is 45.1 Å². The number of carboxylic acids is 1. The maximum Gasteiger partial charge on any atom is 0.490 e. The monoisotopic (exact) mass is 468 g/mol. The Kier molecular flexibility index (Phi) is 9.22. The fourth-order valence-electron chi connectivity index (χ4n) is 3.76. The van der Waals surface area contributed by atoms with E-state index in [-0.39, 0.29) is 24.0 Å². The van der Waals surface area contributed by atoms with E-state index in [0.717, 1.165) is 43.1 Å². The molecule has 0 saturated carbocycles. The van der Waals surface area contributed by atoms with Gasteiger partial charge in [0.15, 0.2) is 0 Å². The predicted octanol–water partition coefficient (Wildman–Crippen LogP) is 2.65. The minimum atomic E-state index is -5.08. The lowest BCUT2D eigenvalue weighted by Gasteiger charge is -2.50. The summed E-state index contributed by atoms with van der Waals surface area (Å²) in [6.07, 6.45) is -1.99. The van der Waals surface area contributed by atoms with E-state index >= 15 is 0 Å². The first-order chi connectivity index (χ1) is 14.6. The van der Waals surface area contributed by atoms with Gasteiger partial charge in [-0.1, -0.05) is 0 Å². The summed E-state index contributed by atoms with van der Waals surface area (Å²) < 4.78 is 48.8. The standard InChI is InChI=1S/C17H26N2O4S.C2HF3O2/c1-13-18-14(10-24-13)8-22-12-17-5-3-7-23-15(17)4-6-19(11-17)16(20)9-21-2;3-2(4,5)1(6)7/h10,15H,3-9,11-12H2,1-2H3;(H,6,7). The highest BCUT2D eigenvalue weighted by molar-refractivity contribution is 7.09. The average Bonchev–Trinajstić information content (AvgIpc) is 3.12. The Balaban J connectivity index is 0.000000423. The van der Waals surface area contributed by atoms with E-state index in [4.69, 9.17) is 24.1 Å². The summed E-state index contributed by atoms with van der Waals surface area (Å²) in [7, 11) is 1.56. The van der Waals surface area contributed by atoms with Gasteiger partial charge in [0.05, 0.1) is 30.0 Å². The van der Waals surface area contributed by atoms with Crippen LogP contribution in [0, 0.1) is 12.3 Å². The number of carbonyl (C=O) groups is 2. The first kappa shape index (κ1) is 25.5. The fraction of sp³-hybridized carbons (Fsp3) is 0.737. The third-order valence-electron chi connectivity index (χ3n) is 5.16. The van der Waals surface area contributed by atoms with Gasteiger partial charge in [0.2, 0.25) is 5.91 Å². The molecule has 1 aromatic rings. The number of amides is 1. The number of aliphatic carboxylic acids is 1. The number of thiazole rings is 1.